The molecule has 0 radical (unpaired) electrons. The molecule has 7 heteroatoms. The molecule has 2 N–H and O–H groups in total. The van der Waals surface area contributed by atoms with Crippen LogP contribution in [0.25, 0.3) is 0 Å². The van der Waals surface area contributed by atoms with Crippen molar-refractivity contribution in [2.24, 2.45) is 0 Å². The molecular formula is C12H17F3N2O2. The summed E-state index contributed by atoms with van der Waals surface area (Å²) in [7, 11) is 0. The number of β-amino-alcohol motifs (C(OH)–C–C–N with tert-alkyl or cyclic N) is 1. The Morgan fingerprint density at radius 1 is 1.32 bits per heavy atom. The van der Waals surface area contributed by atoms with Gasteiger partial charge in [0.25, 0.3) is 0 Å². The Morgan fingerprint density at radius 2 is 1.95 bits per heavy atom. The van der Waals surface area contributed by atoms with Crippen LogP contribution in [0.4, 0.5) is 13.2 Å². The summed E-state index contributed by atoms with van der Waals surface area (Å²) in [6, 6.07) is 3.88. The predicted molar refractivity (Wildman–Crippen MR) is 63.6 cm³/mol. The Bertz CT molecular complexity index is 416. The lowest BCUT2D eigenvalue weighted by Gasteiger charge is -2.22. The van der Waals surface area contributed by atoms with Crippen LogP contribution >= 0.6 is 0 Å². The molecule has 19 heavy (non-hydrogen) atoms. The van der Waals surface area contributed by atoms with E-state index in [0.717, 1.165) is 6.07 Å². The molecule has 0 bridgehead atoms. The standard InChI is InChI=1S/C12H17F3N2O2/c1-11(2,3)16-7-9(18)8-5-4-6-10(17-8)19-12(13,14)15/h4-6,9,16,18H,7H2,1-3H3/t9-/m0/s1. The largest absolute Gasteiger partial charge is 0.574 e. The van der Waals surface area contributed by atoms with Crippen LogP contribution in [-0.4, -0.2) is 28.5 Å². The third-order valence-corrected chi connectivity index (χ3v) is 2.13. The van der Waals surface area contributed by atoms with Crippen LogP contribution in [0.3, 0.4) is 0 Å². The number of aliphatic hydroxyl groups excluding tert-OH is 1. The van der Waals surface area contributed by atoms with Crippen LogP contribution in [-0.2, 0) is 0 Å². The van der Waals surface area contributed by atoms with Gasteiger partial charge in [0.1, 0.15) is 6.10 Å². The second-order valence-electron chi connectivity index (χ2n) is 5.10. The van der Waals surface area contributed by atoms with Gasteiger partial charge in [0.2, 0.25) is 5.88 Å². The first-order valence-corrected chi connectivity index (χ1v) is 5.73. The Hall–Kier alpha value is -1.34. The normalized spacial score (nSPS) is 14.3. The van der Waals surface area contributed by atoms with Crippen molar-refractivity contribution in [3.63, 3.8) is 0 Å². The summed E-state index contributed by atoms with van der Waals surface area (Å²) in [5, 5.41) is 12.9. The van der Waals surface area contributed by atoms with Crippen molar-refractivity contribution >= 4 is 0 Å². The Balaban J connectivity index is 2.70. The van der Waals surface area contributed by atoms with Crippen molar-refractivity contribution in [2.45, 2.75) is 38.8 Å². The van der Waals surface area contributed by atoms with Gasteiger partial charge in [-0.05, 0) is 26.8 Å². The van der Waals surface area contributed by atoms with Crippen LogP contribution in [0.15, 0.2) is 18.2 Å². The monoisotopic (exact) mass is 278 g/mol. The molecule has 1 heterocycles. The van der Waals surface area contributed by atoms with Gasteiger partial charge in [-0.1, -0.05) is 6.07 Å². The summed E-state index contributed by atoms with van der Waals surface area (Å²) < 4.78 is 39.8. The minimum absolute atomic E-state index is 0.124. The van der Waals surface area contributed by atoms with Crippen molar-refractivity contribution in [1.29, 1.82) is 0 Å². The molecule has 0 fully saturated rings. The third-order valence-electron chi connectivity index (χ3n) is 2.13. The van der Waals surface area contributed by atoms with Gasteiger partial charge in [-0.3, -0.25) is 0 Å². The van der Waals surface area contributed by atoms with Gasteiger partial charge in [-0.25, -0.2) is 4.98 Å². The number of ether oxygens (including phenoxy) is 1. The van der Waals surface area contributed by atoms with E-state index in [9.17, 15) is 18.3 Å². The molecule has 1 rings (SSSR count). The summed E-state index contributed by atoms with van der Waals surface area (Å²) in [5.41, 5.74) is -0.0837. The lowest BCUT2D eigenvalue weighted by Crippen LogP contribution is -2.38. The third kappa shape index (κ3) is 6.40. The van der Waals surface area contributed by atoms with E-state index in [0.29, 0.717) is 0 Å². The molecule has 0 spiro atoms. The van der Waals surface area contributed by atoms with Gasteiger partial charge in [0, 0.05) is 18.2 Å². The van der Waals surface area contributed by atoms with Crippen molar-refractivity contribution in [3.05, 3.63) is 23.9 Å². The fourth-order valence-corrected chi connectivity index (χ4v) is 1.30. The van der Waals surface area contributed by atoms with Gasteiger partial charge >= 0.3 is 6.36 Å². The molecule has 108 valence electrons. The molecule has 0 aliphatic carbocycles. The number of hydrogen-bond donors (Lipinski definition) is 2. The van der Waals surface area contributed by atoms with Gasteiger partial charge in [-0.2, -0.15) is 0 Å². The second-order valence-corrected chi connectivity index (χ2v) is 5.10. The second kappa shape index (κ2) is 5.75. The lowest BCUT2D eigenvalue weighted by molar-refractivity contribution is -0.276. The van der Waals surface area contributed by atoms with E-state index >= 15 is 0 Å². The van der Waals surface area contributed by atoms with E-state index in [1.165, 1.54) is 12.1 Å². The highest BCUT2D eigenvalue weighted by molar-refractivity contribution is 5.17. The van der Waals surface area contributed by atoms with Crippen molar-refractivity contribution < 1.29 is 23.0 Å². The van der Waals surface area contributed by atoms with Crippen LogP contribution in [0.2, 0.25) is 0 Å². The number of aliphatic hydroxyl groups is 1. The fourth-order valence-electron chi connectivity index (χ4n) is 1.30. The molecule has 1 atom stereocenters. The molecule has 4 nitrogen and oxygen atoms in total. The maximum Gasteiger partial charge on any atom is 0.574 e. The van der Waals surface area contributed by atoms with Gasteiger partial charge in [-0.15, -0.1) is 13.2 Å². The van der Waals surface area contributed by atoms with Gasteiger partial charge in [0.05, 0.1) is 5.69 Å². The van der Waals surface area contributed by atoms with E-state index in [-0.39, 0.29) is 17.8 Å². The van der Waals surface area contributed by atoms with E-state index in [1.54, 1.807) is 0 Å². The summed E-state index contributed by atoms with van der Waals surface area (Å²) in [4.78, 5) is 3.63. The number of alkyl halides is 3. The number of halogens is 3. The smallest absolute Gasteiger partial charge is 0.388 e. The average molecular weight is 278 g/mol. The molecule has 0 unspecified atom stereocenters. The number of nitrogens with zero attached hydrogens (tertiary/aromatic N) is 1. The Morgan fingerprint density at radius 3 is 2.47 bits per heavy atom. The maximum atomic E-state index is 12.0. The van der Waals surface area contributed by atoms with Crippen molar-refractivity contribution in [3.8, 4) is 5.88 Å². The van der Waals surface area contributed by atoms with E-state index < -0.39 is 18.3 Å². The number of hydrogen-bond acceptors (Lipinski definition) is 4. The molecule has 0 saturated heterocycles. The van der Waals surface area contributed by atoms with Crippen LogP contribution in [0.1, 0.15) is 32.6 Å². The van der Waals surface area contributed by atoms with Crippen LogP contribution in [0.5, 0.6) is 5.88 Å². The SMILES string of the molecule is CC(C)(C)NC[C@H](O)c1cccc(OC(F)(F)F)n1. The molecule has 0 aliphatic rings. The minimum atomic E-state index is -4.79. The molecule has 1 aromatic rings. The topological polar surface area (TPSA) is 54.4 Å². The highest BCUT2D eigenvalue weighted by Crippen LogP contribution is 2.22. The molecule has 0 saturated carbocycles. The maximum absolute atomic E-state index is 12.0. The quantitative estimate of drug-likeness (QED) is 0.888. The summed E-state index contributed by atoms with van der Waals surface area (Å²) in [6.07, 6.45) is -5.80. The zero-order valence-electron chi connectivity index (χ0n) is 11.0. The predicted octanol–water partition coefficient (Wildman–Crippen LogP) is 2.40. The minimum Gasteiger partial charge on any atom is -0.388 e. The Labute approximate surface area is 109 Å². The van der Waals surface area contributed by atoms with Crippen LogP contribution in [0, 0.1) is 0 Å². The van der Waals surface area contributed by atoms with E-state index in [2.05, 4.69) is 15.0 Å². The van der Waals surface area contributed by atoms with E-state index in [1.807, 2.05) is 20.8 Å². The lowest BCUT2D eigenvalue weighted by atomic mass is 10.1. The average Bonchev–Trinajstić information content (AvgIpc) is 2.23. The summed E-state index contributed by atoms with van der Waals surface area (Å²) >= 11 is 0. The van der Waals surface area contributed by atoms with E-state index in [4.69, 9.17) is 0 Å². The molecular weight excluding hydrogens is 261 g/mol. The molecule has 0 amide bonds. The zero-order chi connectivity index (χ0) is 14.7. The number of aromatic nitrogens is 1. The first-order chi connectivity index (χ1) is 8.57. The Kier molecular flexibility index (Phi) is 4.75. The highest BCUT2D eigenvalue weighted by Gasteiger charge is 2.32. The van der Waals surface area contributed by atoms with Crippen molar-refractivity contribution in [2.75, 3.05) is 6.54 Å². The number of nitrogens with one attached hydrogen (secondary N) is 1. The van der Waals surface area contributed by atoms with Crippen molar-refractivity contribution in [1.82, 2.24) is 10.3 Å². The summed E-state index contributed by atoms with van der Waals surface area (Å²) in [6.45, 7) is 5.93. The summed E-state index contributed by atoms with van der Waals surface area (Å²) in [5.74, 6) is -0.584. The fraction of sp³-hybridized carbons (Fsp3) is 0.583. The number of pyridine rings is 1. The molecule has 0 aromatic carbocycles. The molecule has 0 aliphatic heterocycles. The number of rotatable bonds is 4. The van der Waals surface area contributed by atoms with Gasteiger partial charge in [0.15, 0.2) is 0 Å². The van der Waals surface area contributed by atoms with Crippen LogP contribution < -0.4 is 10.1 Å². The van der Waals surface area contributed by atoms with Gasteiger partial charge < -0.3 is 15.2 Å². The zero-order valence-corrected chi connectivity index (χ0v) is 11.0. The first-order valence-electron chi connectivity index (χ1n) is 5.73. The highest BCUT2D eigenvalue weighted by atomic mass is 19.4. The first kappa shape index (κ1) is 15.7. The molecule has 1 aromatic heterocycles.